The minimum atomic E-state index is -0.0290. The molecule has 3 nitrogen and oxygen atoms in total. The molecule has 4 fully saturated rings. The average Bonchev–Trinajstić information content (AvgIpc) is 2.86. The van der Waals surface area contributed by atoms with Crippen molar-refractivity contribution in [2.24, 2.45) is 22.7 Å². The molecule has 0 saturated heterocycles. The third-order valence-corrected chi connectivity index (χ3v) is 7.41. The van der Waals surface area contributed by atoms with E-state index in [2.05, 4.69) is 11.9 Å². The van der Waals surface area contributed by atoms with Gasteiger partial charge in [-0.05, 0) is 69.1 Å². The Morgan fingerprint density at radius 2 is 2.09 bits per heavy atom. The fourth-order valence-corrected chi connectivity index (χ4v) is 6.97. The number of rotatable bonds is 5. The van der Waals surface area contributed by atoms with Gasteiger partial charge in [-0.15, -0.1) is 11.3 Å². The second kappa shape index (κ2) is 5.58. The summed E-state index contributed by atoms with van der Waals surface area (Å²) in [7, 11) is 0. The van der Waals surface area contributed by atoms with Crippen LogP contribution in [0.2, 0.25) is 0 Å². The maximum absolute atomic E-state index is 12.2. The molecule has 4 aliphatic rings. The summed E-state index contributed by atoms with van der Waals surface area (Å²) in [5.41, 5.74) is 3.73. The molecule has 2 unspecified atom stereocenters. The molecule has 0 amide bonds. The second-order valence-electron chi connectivity index (χ2n) is 8.79. The van der Waals surface area contributed by atoms with E-state index < -0.39 is 0 Å². The van der Waals surface area contributed by atoms with Crippen LogP contribution in [0.3, 0.4) is 0 Å². The SMILES string of the molecule is Cc1ncsc1CCC(=O)OCC12CC3CC(CC(C)(C3)C1)C2. The molecule has 1 aromatic heterocycles. The van der Waals surface area contributed by atoms with Crippen molar-refractivity contribution in [3.8, 4) is 0 Å². The molecule has 23 heavy (non-hydrogen) atoms. The van der Waals surface area contributed by atoms with Gasteiger partial charge in [0.1, 0.15) is 0 Å². The largest absolute Gasteiger partial charge is 0.465 e. The summed E-state index contributed by atoms with van der Waals surface area (Å²) in [6.07, 6.45) is 9.35. The van der Waals surface area contributed by atoms with Crippen molar-refractivity contribution in [3.63, 3.8) is 0 Å². The first-order valence-electron chi connectivity index (χ1n) is 9.00. The first kappa shape index (κ1) is 15.6. The van der Waals surface area contributed by atoms with Crippen molar-refractivity contribution < 1.29 is 9.53 Å². The zero-order valence-electron chi connectivity index (χ0n) is 14.3. The molecule has 1 heterocycles. The Bertz CT molecular complexity index is 594. The summed E-state index contributed by atoms with van der Waals surface area (Å²) in [6, 6.07) is 0. The van der Waals surface area contributed by atoms with Gasteiger partial charge in [-0.2, -0.15) is 0 Å². The van der Waals surface area contributed by atoms with Gasteiger partial charge in [-0.25, -0.2) is 4.98 Å². The fraction of sp³-hybridized carbons (Fsp3) is 0.789. The zero-order chi connectivity index (χ0) is 16.1. The summed E-state index contributed by atoms with van der Waals surface area (Å²) < 4.78 is 5.76. The number of hydrogen-bond donors (Lipinski definition) is 0. The predicted molar refractivity (Wildman–Crippen MR) is 91.4 cm³/mol. The molecule has 4 heteroatoms. The van der Waals surface area contributed by atoms with E-state index in [1.807, 2.05) is 12.4 Å². The van der Waals surface area contributed by atoms with Crippen molar-refractivity contribution in [2.45, 2.75) is 65.2 Å². The second-order valence-corrected chi connectivity index (χ2v) is 9.73. The van der Waals surface area contributed by atoms with E-state index in [4.69, 9.17) is 4.74 Å². The van der Waals surface area contributed by atoms with Gasteiger partial charge in [0.2, 0.25) is 0 Å². The Balaban J connectivity index is 1.32. The number of thiazole rings is 1. The summed E-state index contributed by atoms with van der Waals surface area (Å²) in [5.74, 6) is 1.75. The highest BCUT2D eigenvalue weighted by atomic mass is 32.1. The molecule has 0 N–H and O–H groups in total. The first-order valence-corrected chi connectivity index (χ1v) is 9.88. The number of carbonyl (C=O) groups excluding carboxylic acids is 1. The van der Waals surface area contributed by atoms with Crippen LogP contribution in [0, 0.1) is 29.6 Å². The summed E-state index contributed by atoms with van der Waals surface area (Å²) in [5, 5.41) is 0. The van der Waals surface area contributed by atoms with Crippen LogP contribution in [0.15, 0.2) is 5.51 Å². The summed E-state index contributed by atoms with van der Waals surface area (Å²) in [6.45, 7) is 5.14. The van der Waals surface area contributed by atoms with Crippen LogP contribution in [0.1, 0.15) is 62.4 Å². The summed E-state index contributed by atoms with van der Waals surface area (Å²) in [4.78, 5) is 17.6. The Morgan fingerprint density at radius 3 is 2.70 bits per heavy atom. The molecule has 1 aromatic rings. The number of esters is 1. The van der Waals surface area contributed by atoms with Gasteiger partial charge in [0, 0.05) is 10.3 Å². The Hall–Kier alpha value is -0.900. The molecule has 5 rings (SSSR count). The highest BCUT2D eigenvalue weighted by molar-refractivity contribution is 7.09. The van der Waals surface area contributed by atoms with Crippen molar-refractivity contribution >= 4 is 17.3 Å². The molecule has 126 valence electrons. The lowest BCUT2D eigenvalue weighted by Crippen LogP contribution is -2.52. The van der Waals surface area contributed by atoms with E-state index in [0.29, 0.717) is 23.9 Å². The molecular formula is C19H27NO2S. The van der Waals surface area contributed by atoms with Crippen LogP contribution in [-0.2, 0) is 16.0 Å². The Kier molecular flexibility index (Phi) is 3.79. The lowest BCUT2D eigenvalue weighted by atomic mass is 9.45. The van der Waals surface area contributed by atoms with Crippen molar-refractivity contribution in [2.75, 3.05) is 6.61 Å². The minimum absolute atomic E-state index is 0.0290. The lowest BCUT2D eigenvalue weighted by molar-refractivity contribution is -0.162. The molecule has 0 radical (unpaired) electrons. The van der Waals surface area contributed by atoms with Gasteiger partial charge in [0.25, 0.3) is 0 Å². The standard InChI is InChI=1S/C19H27NO2S/c1-13-16(23-12-20-13)3-4-17(21)22-11-19-8-14-5-15(9-19)7-18(2,6-14)10-19/h12,14-15H,3-11H2,1-2H3. The van der Waals surface area contributed by atoms with E-state index in [1.54, 1.807) is 11.3 Å². The van der Waals surface area contributed by atoms with Crippen LogP contribution >= 0.6 is 11.3 Å². The zero-order valence-corrected chi connectivity index (χ0v) is 15.1. The first-order chi connectivity index (χ1) is 11.0. The van der Waals surface area contributed by atoms with E-state index in [1.165, 1.54) is 43.4 Å². The van der Waals surface area contributed by atoms with Crippen molar-refractivity contribution in [1.82, 2.24) is 4.98 Å². The number of carbonyl (C=O) groups is 1. The molecule has 4 aliphatic carbocycles. The number of ether oxygens (including phenoxy) is 1. The molecular weight excluding hydrogens is 306 g/mol. The monoisotopic (exact) mass is 333 g/mol. The average molecular weight is 333 g/mol. The Morgan fingerprint density at radius 1 is 1.35 bits per heavy atom. The van der Waals surface area contributed by atoms with Crippen molar-refractivity contribution in [1.29, 1.82) is 0 Å². The maximum Gasteiger partial charge on any atom is 0.306 e. The quantitative estimate of drug-likeness (QED) is 0.743. The number of aryl methyl sites for hydroxylation is 2. The highest BCUT2D eigenvalue weighted by Gasteiger charge is 2.56. The molecule has 0 aromatic carbocycles. The number of nitrogens with zero attached hydrogens (tertiary/aromatic N) is 1. The smallest absolute Gasteiger partial charge is 0.306 e. The normalized spacial score (nSPS) is 38.0. The molecule has 0 spiro atoms. The van der Waals surface area contributed by atoms with E-state index in [-0.39, 0.29) is 5.97 Å². The minimum Gasteiger partial charge on any atom is -0.465 e. The fourth-order valence-electron chi connectivity index (χ4n) is 6.18. The molecule has 4 bridgehead atoms. The predicted octanol–water partition coefficient (Wildman–Crippen LogP) is 4.53. The Labute approximate surface area is 142 Å². The van der Waals surface area contributed by atoms with Crippen LogP contribution in [-0.4, -0.2) is 17.6 Å². The maximum atomic E-state index is 12.2. The van der Waals surface area contributed by atoms with Crippen LogP contribution < -0.4 is 0 Å². The van der Waals surface area contributed by atoms with Crippen LogP contribution in [0.4, 0.5) is 0 Å². The number of aromatic nitrogens is 1. The summed E-state index contributed by atoms with van der Waals surface area (Å²) >= 11 is 1.64. The van der Waals surface area contributed by atoms with E-state index >= 15 is 0 Å². The highest BCUT2D eigenvalue weighted by Crippen LogP contribution is 2.65. The van der Waals surface area contributed by atoms with Gasteiger partial charge in [0.15, 0.2) is 0 Å². The van der Waals surface area contributed by atoms with Gasteiger partial charge >= 0.3 is 5.97 Å². The molecule has 4 saturated carbocycles. The van der Waals surface area contributed by atoms with Gasteiger partial charge in [-0.3, -0.25) is 4.79 Å². The van der Waals surface area contributed by atoms with Gasteiger partial charge in [0.05, 0.1) is 24.2 Å². The third-order valence-electron chi connectivity index (χ3n) is 6.42. The number of hydrogen-bond acceptors (Lipinski definition) is 4. The van der Waals surface area contributed by atoms with E-state index in [0.717, 1.165) is 24.0 Å². The van der Waals surface area contributed by atoms with Crippen molar-refractivity contribution in [3.05, 3.63) is 16.1 Å². The van der Waals surface area contributed by atoms with Crippen LogP contribution in [0.5, 0.6) is 0 Å². The molecule has 2 atom stereocenters. The lowest BCUT2D eigenvalue weighted by Gasteiger charge is -2.61. The molecule has 0 aliphatic heterocycles. The van der Waals surface area contributed by atoms with E-state index in [9.17, 15) is 4.79 Å². The van der Waals surface area contributed by atoms with Gasteiger partial charge < -0.3 is 4.74 Å². The topological polar surface area (TPSA) is 39.2 Å². The van der Waals surface area contributed by atoms with Gasteiger partial charge in [-0.1, -0.05) is 6.92 Å². The third kappa shape index (κ3) is 3.07. The van der Waals surface area contributed by atoms with Crippen LogP contribution in [0.25, 0.3) is 0 Å².